The van der Waals surface area contributed by atoms with E-state index in [1.165, 1.54) is 12.5 Å². The van der Waals surface area contributed by atoms with Gasteiger partial charge in [0.15, 0.2) is 5.17 Å². The molecule has 0 spiro atoms. The smallest absolute Gasteiger partial charge is 0.216 e. The highest BCUT2D eigenvalue weighted by Crippen LogP contribution is 2.21. The van der Waals surface area contributed by atoms with E-state index in [4.69, 9.17) is 0 Å². The molecule has 0 saturated heterocycles. The molecule has 2 N–H and O–H groups in total. The largest absolute Gasteiger partial charge is 0.356 e. The van der Waals surface area contributed by atoms with E-state index >= 15 is 0 Å². The Morgan fingerprint density at radius 1 is 1.23 bits per heavy atom. The molecule has 2 aromatic rings. The van der Waals surface area contributed by atoms with Gasteiger partial charge in [0.1, 0.15) is 0 Å². The number of thioether (sulfide) groups is 1. The van der Waals surface area contributed by atoms with Crippen molar-refractivity contribution in [3.8, 4) is 0 Å². The summed E-state index contributed by atoms with van der Waals surface area (Å²) in [5.74, 6) is 0.785. The average molecular weight is 366 g/mol. The number of amides is 1. The number of aryl methyl sites for hydroxylation is 1. The molecule has 2 aromatic carbocycles. The van der Waals surface area contributed by atoms with Crippen LogP contribution < -0.4 is 10.7 Å². The first-order valence-electron chi connectivity index (χ1n) is 8.55. The Morgan fingerprint density at radius 2 is 2.00 bits per heavy atom. The Kier molecular flexibility index (Phi) is 6.07. The van der Waals surface area contributed by atoms with Gasteiger partial charge in [-0.2, -0.15) is 5.10 Å². The quantitative estimate of drug-likeness (QED) is 0.852. The van der Waals surface area contributed by atoms with E-state index in [-0.39, 0.29) is 5.91 Å². The van der Waals surface area contributed by atoms with Crippen molar-refractivity contribution in [2.24, 2.45) is 10.1 Å². The number of aliphatic imine (C=N–C) groups is 1. The number of hydrazone groups is 1. The minimum atomic E-state index is 0.00412. The van der Waals surface area contributed by atoms with Crippen LogP contribution in [0.3, 0.4) is 0 Å². The zero-order chi connectivity index (χ0) is 18.4. The zero-order valence-electron chi connectivity index (χ0n) is 15.0. The number of rotatable bonds is 5. The lowest BCUT2D eigenvalue weighted by molar-refractivity contribution is -0.118. The number of carbonyl (C=O) groups excluding carboxylic acids is 1. The molecule has 0 unspecified atom stereocenters. The Hall–Kier alpha value is -2.60. The van der Waals surface area contributed by atoms with Gasteiger partial charge in [-0.3, -0.25) is 10.2 Å². The molecule has 1 heterocycles. The third-order valence-electron chi connectivity index (χ3n) is 4.04. The Balaban J connectivity index is 1.62. The molecule has 0 saturated carbocycles. The molecule has 3 rings (SSSR count). The van der Waals surface area contributed by atoms with E-state index < -0.39 is 0 Å². The monoisotopic (exact) mass is 366 g/mol. The van der Waals surface area contributed by atoms with Crippen LogP contribution in [0.2, 0.25) is 0 Å². The first kappa shape index (κ1) is 18.2. The number of hydrogen-bond acceptors (Lipinski definition) is 4. The molecule has 0 aromatic heterocycles. The fourth-order valence-corrected chi connectivity index (χ4v) is 3.34. The van der Waals surface area contributed by atoms with Crippen molar-refractivity contribution < 1.29 is 4.79 Å². The number of para-hydroxylation sites is 1. The molecule has 5 nitrogen and oxygen atoms in total. The molecule has 1 amide bonds. The van der Waals surface area contributed by atoms with Gasteiger partial charge in [0.05, 0.1) is 11.4 Å². The molecule has 26 heavy (non-hydrogen) atoms. The Morgan fingerprint density at radius 3 is 2.65 bits per heavy atom. The minimum Gasteiger partial charge on any atom is -0.356 e. The molecule has 6 heteroatoms. The van der Waals surface area contributed by atoms with Crippen molar-refractivity contribution in [3.63, 3.8) is 0 Å². The maximum absolute atomic E-state index is 10.9. The number of nitrogens with zero attached hydrogens (tertiary/aromatic N) is 2. The predicted molar refractivity (Wildman–Crippen MR) is 109 cm³/mol. The molecule has 0 radical (unpaired) electrons. The van der Waals surface area contributed by atoms with Crippen molar-refractivity contribution in [2.75, 3.05) is 12.3 Å². The predicted octanol–water partition coefficient (Wildman–Crippen LogP) is 3.40. The van der Waals surface area contributed by atoms with Crippen molar-refractivity contribution in [3.05, 3.63) is 65.2 Å². The highest BCUT2D eigenvalue weighted by molar-refractivity contribution is 8.14. The van der Waals surface area contributed by atoms with Gasteiger partial charge in [0.2, 0.25) is 5.91 Å². The number of benzene rings is 2. The molecule has 1 aliphatic rings. The van der Waals surface area contributed by atoms with Gasteiger partial charge in [-0.25, -0.2) is 4.99 Å². The summed E-state index contributed by atoms with van der Waals surface area (Å²) in [5.41, 5.74) is 8.47. The highest BCUT2D eigenvalue weighted by Gasteiger charge is 2.13. The van der Waals surface area contributed by atoms with Crippen LogP contribution in [-0.2, 0) is 11.2 Å². The second-order valence-corrected chi connectivity index (χ2v) is 7.06. The standard InChI is InChI=1S/C20H22N4OS/c1-14-5-3-4-6-18(14)22-20-24-23-19(13-26-20)17-9-7-16(8-10-17)11-12-21-15(2)25/h3-10H,11-13H2,1-2H3,(H,21,25)(H,22,24). The van der Waals surface area contributed by atoms with Gasteiger partial charge >= 0.3 is 0 Å². The second-order valence-electron chi connectivity index (χ2n) is 6.09. The summed E-state index contributed by atoms with van der Waals surface area (Å²) in [6, 6.07) is 16.4. The third-order valence-corrected chi connectivity index (χ3v) is 4.92. The number of amidine groups is 1. The van der Waals surface area contributed by atoms with Crippen LogP contribution >= 0.6 is 11.8 Å². The maximum Gasteiger partial charge on any atom is 0.216 e. The van der Waals surface area contributed by atoms with Crippen molar-refractivity contribution in [1.82, 2.24) is 10.7 Å². The van der Waals surface area contributed by atoms with E-state index in [2.05, 4.69) is 58.1 Å². The van der Waals surface area contributed by atoms with Gasteiger partial charge in [-0.05, 0) is 36.1 Å². The molecular weight excluding hydrogens is 344 g/mol. The molecule has 0 atom stereocenters. The summed E-state index contributed by atoms with van der Waals surface area (Å²) < 4.78 is 0. The van der Waals surface area contributed by atoms with E-state index in [0.29, 0.717) is 6.54 Å². The first-order valence-corrected chi connectivity index (χ1v) is 9.54. The zero-order valence-corrected chi connectivity index (χ0v) is 15.8. The number of nitrogens with one attached hydrogen (secondary N) is 2. The lowest BCUT2D eigenvalue weighted by Gasteiger charge is -2.15. The molecule has 1 aliphatic heterocycles. The second kappa shape index (κ2) is 8.67. The molecular formula is C20H22N4OS. The van der Waals surface area contributed by atoms with Crippen molar-refractivity contribution in [1.29, 1.82) is 0 Å². The summed E-state index contributed by atoms with van der Waals surface area (Å²) in [5, 5.41) is 8.11. The number of carbonyl (C=O) groups is 1. The SMILES string of the molecule is CC(=O)NCCc1ccc(C2=NNC(=Nc3ccccc3C)SC2)cc1. The van der Waals surface area contributed by atoms with Gasteiger partial charge < -0.3 is 5.32 Å². The summed E-state index contributed by atoms with van der Waals surface area (Å²) in [7, 11) is 0. The van der Waals surface area contributed by atoms with Gasteiger partial charge in [-0.15, -0.1) is 0 Å². The first-order chi connectivity index (χ1) is 12.6. The number of hydrogen-bond donors (Lipinski definition) is 2. The van der Waals surface area contributed by atoms with E-state index in [1.807, 2.05) is 18.2 Å². The lowest BCUT2D eigenvalue weighted by atomic mass is 10.1. The van der Waals surface area contributed by atoms with Crippen LogP contribution in [-0.4, -0.2) is 29.1 Å². The Bertz CT molecular complexity index is 843. The van der Waals surface area contributed by atoms with Crippen LogP contribution in [0.4, 0.5) is 5.69 Å². The summed E-state index contributed by atoms with van der Waals surface area (Å²) >= 11 is 1.65. The van der Waals surface area contributed by atoms with Crippen LogP contribution in [0.25, 0.3) is 0 Å². The Labute approximate surface area is 158 Å². The summed E-state index contributed by atoms with van der Waals surface area (Å²) in [6.45, 7) is 4.24. The fraction of sp³-hybridized carbons (Fsp3) is 0.250. The van der Waals surface area contributed by atoms with Crippen molar-refractivity contribution >= 4 is 34.2 Å². The van der Waals surface area contributed by atoms with Crippen LogP contribution in [0, 0.1) is 6.92 Å². The summed E-state index contributed by atoms with van der Waals surface area (Å²) in [4.78, 5) is 15.5. The van der Waals surface area contributed by atoms with Crippen LogP contribution in [0.5, 0.6) is 0 Å². The normalized spacial score (nSPS) is 15.3. The maximum atomic E-state index is 10.9. The van der Waals surface area contributed by atoms with Gasteiger partial charge in [0.25, 0.3) is 0 Å². The summed E-state index contributed by atoms with van der Waals surface area (Å²) in [6.07, 6.45) is 0.826. The topological polar surface area (TPSA) is 65.8 Å². The lowest BCUT2D eigenvalue weighted by Crippen LogP contribution is -2.25. The molecule has 0 fully saturated rings. The van der Waals surface area contributed by atoms with E-state index in [9.17, 15) is 4.79 Å². The van der Waals surface area contributed by atoms with Crippen LogP contribution in [0.1, 0.15) is 23.6 Å². The van der Waals surface area contributed by atoms with E-state index in [1.54, 1.807) is 11.8 Å². The average Bonchev–Trinajstić information content (AvgIpc) is 2.65. The van der Waals surface area contributed by atoms with Crippen LogP contribution in [0.15, 0.2) is 58.6 Å². The molecule has 0 bridgehead atoms. The molecule has 134 valence electrons. The van der Waals surface area contributed by atoms with Crippen molar-refractivity contribution in [2.45, 2.75) is 20.3 Å². The van der Waals surface area contributed by atoms with E-state index in [0.717, 1.165) is 39.9 Å². The highest BCUT2D eigenvalue weighted by atomic mass is 32.2. The third kappa shape index (κ3) is 4.95. The van der Waals surface area contributed by atoms with Gasteiger partial charge in [0, 0.05) is 19.2 Å². The minimum absolute atomic E-state index is 0.00412. The molecule has 0 aliphatic carbocycles. The van der Waals surface area contributed by atoms with Gasteiger partial charge in [-0.1, -0.05) is 54.2 Å². The fourth-order valence-electron chi connectivity index (χ4n) is 2.57.